The fourth-order valence-corrected chi connectivity index (χ4v) is 6.39. The number of halogens is 1. The van der Waals surface area contributed by atoms with E-state index in [0.29, 0.717) is 11.8 Å². The van der Waals surface area contributed by atoms with Crippen LogP contribution >= 0.6 is 11.6 Å². The second-order valence-corrected chi connectivity index (χ2v) is 9.94. The van der Waals surface area contributed by atoms with Gasteiger partial charge in [-0.05, 0) is 51.6 Å². The number of para-hydroxylation sites is 1. The van der Waals surface area contributed by atoms with Gasteiger partial charge < -0.3 is 4.98 Å². The largest absolute Gasteiger partial charge is 0.358 e. The van der Waals surface area contributed by atoms with Gasteiger partial charge in [-0.1, -0.05) is 115 Å². The van der Waals surface area contributed by atoms with E-state index in [0.717, 1.165) is 5.02 Å². The summed E-state index contributed by atoms with van der Waals surface area (Å²) in [5.41, 5.74) is 10.6. The maximum atomic E-state index is 6.32. The summed E-state index contributed by atoms with van der Waals surface area (Å²) in [4.78, 5) is 3.80. The van der Waals surface area contributed by atoms with Crippen molar-refractivity contribution in [3.63, 3.8) is 0 Å². The molecule has 1 nitrogen and oxygen atoms in total. The molecule has 0 bridgehead atoms. The number of aromatic nitrogens is 1. The van der Waals surface area contributed by atoms with Crippen LogP contribution < -0.4 is 0 Å². The van der Waals surface area contributed by atoms with Gasteiger partial charge in [-0.25, -0.2) is 0 Å². The van der Waals surface area contributed by atoms with Gasteiger partial charge in [0.05, 0.1) is 0 Å². The van der Waals surface area contributed by atoms with E-state index in [1.165, 1.54) is 50.0 Å². The summed E-state index contributed by atoms with van der Waals surface area (Å²) < 4.78 is 0. The van der Waals surface area contributed by atoms with Gasteiger partial charge in [-0.15, -0.1) is 0 Å². The van der Waals surface area contributed by atoms with Crippen molar-refractivity contribution in [2.24, 2.45) is 5.92 Å². The molecular formula is C33H24ClN. The number of rotatable bonds is 3. The molecule has 2 aliphatic carbocycles. The van der Waals surface area contributed by atoms with E-state index in [1.54, 1.807) is 0 Å². The molecule has 3 atom stereocenters. The maximum Gasteiger partial charge on any atom is 0.0459 e. The molecule has 0 spiro atoms. The normalized spacial score (nSPS) is 20.3. The Morgan fingerprint density at radius 3 is 2.00 bits per heavy atom. The minimum Gasteiger partial charge on any atom is -0.358 e. The predicted octanol–water partition coefficient (Wildman–Crippen LogP) is 8.74. The third kappa shape index (κ3) is 3.23. The van der Waals surface area contributed by atoms with Crippen molar-refractivity contribution in [2.45, 2.75) is 11.8 Å². The Morgan fingerprint density at radius 2 is 1.31 bits per heavy atom. The summed E-state index contributed by atoms with van der Waals surface area (Å²) in [7, 11) is 0. The van der Waals surface area contributed by atoms with E-state index in [9.17, 15) is 0 Å². The smallest absolute Gasteiger partial charge is 0.0459 e. The molecule has 0 fully saturated rings. The highest BCUT2D eigenvalue weighted by Gasteiger charge is 2.47. The lowest BCUT2D eigenvalue weighted by Gasteiger charge is -2.26. The Hall–Kier alpha value is -3.81. The quantitative estimate of drug-likeness (QED) is 0.272. The van der Waals surface area contributed by atoms with Crippen LogP contribution in [0, 0.1) is 5.92 Å². The molecule has 5 aromatic rings. The molecular weight excluding hydrogens is 446 g/mol. The van der Waals surface area contributed by atoms with Gasteiger partial charge in [0.2, 0.25) is 0 Å². The molecule has 2 aliphatic rings. The van der Waals surface area contributed by atoms with Crippen LogP contribution in [-0.2, 0) is 0 Å². The van der Waals surface area contributed by atoms with E-state index in [2.05, 4.69) is 114 Å². The summed E-state index contributed by atoms with van der Waals surface area (Å²) in [6.45, 7) is 0. The van der Waals surface area contributed by atoms with Crippen LogP contribution in [-0.4, -0.2) is 4.98 Å². The minimum atomic E-state index is 0.246. The van der Waals surface area contributed by atoms with Crippen LogP contribution in [0.15, 0.2) is 127 Å². The van der Waals surface area contributed by atoms with Gasteiger partial charge in [0.25, 0.3) is 0 Å². The van der Waals surface area contributed by atoms with E-state index in [-0.39, 0.29) is 5.92 Å². The van der Waals surface area contributed by atoms with Crippen molar-refractivity contribution in [1.29, 1.82) is 0 Å². The zero-order chi connectivity index (χ0) is 23.4. The maximum absolute atomic E-state index is 6.32. The molecule has 0 radical (unpaired) electrons. The fraction of sp³-hybridized carbons (Fsp3) is 0.0909. The summed E-state index contributed by atoms with van der Waals surface area (Å²) >= 11 is 6.32. The molecule has 35 heavy (non-hydrogen) atoms. The van der Waals surface area contributed by atoms with Gasteiger partial charge >= 0.3 is 0 Å². The monoisotopic (exact) mass is 469 g/mol. The number of fused-ring (bicyclic) bond motifs is 5. The number of aromatic amines is 1. The van der Waals surface area contributed by atoms with Crippen molar-refractivity contribution >= 4 is 28.1 Å². The third-order valence-corrected chi connectivity index (χ3v) is 7.90. The van der Waals surface area contributed by atoms with Crippen LogP contribution in [0.1, 0.15) is 39.8 Å². The Morgan fingerprint density at radius 1 is 0.686 bits per heavy atom. The van der Waals surface area contributed by atoms with Crippen molar-refractivity contribution in [3.8, 4) is 0 Å². The van der Waals surface area contributed by atoms with Gasteiger partial charge in [0.1, 0.15) is 0 Å². The Kier molecular flexibility index (Phi) is 4.78. The molecule has 0 aliphatic heterocycles. The highest BCUT2D eigenvalue weighted by atomic mass is 35.5. The topological polar surface area (TPSA) is 15.8 Å². The molecule has 1 N–H and O–H groups in total. The zero-order valence-electron chi connectivity index (χ0n) is 19.2. The first kappa shape index (κ1) is 20.6. The average molecular weight is 470 g/mol. The Labute approximate surface area is 210 Å². The summed E-state index contributed by atoms with van der Waals surface area (Å²) in [5, 5.41) is 2.10. The second-order valence-electron chi connectivity index (χ2n) is 9.50. The number of benzene rings is 4. The summed E-state index contributed by atoms with van der Waals surface area (Å²) in [6.07, 6.45) is 4.79. The Balaban J connectivity index is 1.51. The first-order chi connectivity index (χ1) is 17.3. The van der Waals surface area contributed by atoms with Crippen LogP contribution in [0.25, 0.3) is 16.5 Å². The molecule has 168 valence electrons. The van der Waals surface area contributed by atoms with Crippen molar-refractivity contribution in [1.82, 2.24) is 4.98 Å². The number of hydrogen-bond acceptors (Lipinski definition) is 0. The van der Waals surface area contributed by atoms with E-state index in [4.69, 9.17) is 11.6 Å². The van der Waals surface area contributed by atoms with E-state index >= 15 is 0 Å². The fourth-order valence-electron chi connectivity index (χ4n) is 6.26. The molecule has 2 heteroatoms. The van der Waals surface area contributed by atoms with Crippen LogP contribution in [0.2, 0.25) is 5.02 Å². The molecule has 7 rings (SSSR count). The number of allylic oxidation sites excluding steroid dienone is 3. The molecule has 1 heterocycles. The number of H-pyrrole nitrogens is 1. The predicted molar refractivity (Wildman–Crippen MR) is 146 cm³/mol. The van der Waals surface area contributed by atoms with Gasteiger partial charge in [-0.3, -0.25) is 0 Å². The molecule has 0 saturated carbocycles. The van der Waals surface area contributed by atoms with Gasteiger partial charge in [0, 0.05) is 39.4 Å². The van der Waals surface area contributed by atoms with E-state index < -0.39 is 0 Å². The average Bonchev–Trinajstić information content (AvgIpc) is 3.57. The summed E-state index contributed by atoms with van der Waals surface area (Å²) in [6, 6.07) is 38.8. The molecule has 0 saturated heterocycles. The van der Waals surface area contributed by atoms with E-state index in [1.807, 2.05) is 12.1 Å². The van der Waals surface area contributed by atoms with Gasteiger partial charge in [-0.2, -0.15) is 0 Å². The van der Waals surface area contributed by atoms with Crippen molar-refractivity contribution < 1.29 is 0 Å². The molecule has 3 unspecified atom stereocenters. The van der Waals surface area contributed by atoms with Crippen molar-refractivity contribution in [3.05, 3.63) is 160 Å². The lowest BCUT2D eigenvalue weighted by Crippen LogP contribution is -2.13. The SMILES string of the molecule is Clc1ccc(C2c3c([nH]c4ccccc34)C3C=CC(=C(c4ccccc4)c4ccccc4)C32)cc1. The standard InChI is InChI=1S/C33H24ClN/c34-24-17-15-23(16-18-24)30-31-26(29(21-9-3-1-4-10-21)22-11-5-2-6-12-22)19-20-27(31)33-32(30)25-13-7-8-14-28(25)35-33/h1-20,27,30-31,35H. The summed E-state index contributed by atoms with van der Waals surface area (Å²) in [5.74, 6) is 0.879. The lowest BCUT2D eigenvalue weighted by molar-refractivity contribution is 0.569. The molecule has 4 aromatic carbocycles. The van der Waals surface area contributed by atoms with Crippen molar-refractivity contribution in [2.75, 3.05) is 0 Å². The highest BCUT2D eigenvalue weighted by molar-refractivity contribution is 6.30. The lowest BCUT2D eigenvalue weighted by atomic mass is 9.77. The van der Waals surface area contributed by atoms with Crippen LogP contribution in [0.4, 0.5) is 0 Å². The van der Waals surface area contributed by atoms with Gasteiger partial charge in [0.15, 0.2) is 0 Å². The third-order valence-electron chi connectivity index (χ3n) is 7.65. The second kappa shape index (κ2) is 8.15. The first-order valence-electron chi connectivity index (χ1n) is 12.2. The van der Waals surface area contributed by atoms with Crippen LogP contribution in [0.3, 0.4) is 0 Å². The minimum absolute atomic E-state index is 0.246. The molecule has 1 aromatic heterocycles. The number of hydrogen-bond donors (Lipinski definition) is 1. The zero-order valence-corrected chi connectivity index (χ0v) is 19.9. The number of nitrogens with one attached hydrogen (secondary N) is 1. The molecule has 0 amide bonds. The highest BCUT2D eigenvalue weighted by Crippen LogP contribution is 2.59. The Bertz CT molecular complexity index is 1550. The first-order valence-corrected chi connectivity index (χ1v) is 12.6. The van der Waals surface area contributed by atoms with Crippen LogP contribution in [0.5, 0.6) is 0 Å².